The molecule has 0 fully saturated rings. The van der Waals surface area contributed by atoms with Gasteiger partial charge in [-0.3, -0.25) is 14.6 Å². The van der Waals surface area contributed by atoms with Gasteiger partial charge < -0.3 is 15.8 Å². The normalized spacial score (nSPS) is 14.9. The second-order valence-corrected chi connectivity index (χ2v) is 9.57. The summed E-state index contributed by atoms with van der Waals surface area (Å²) >= 11 is 6.53. The van der Waals surface area contributed by atoms with Gasteiger partial charge in [-0.25, -0.2) is 4.39 Å². The highest BCUT2D eigenvalue weighted by atomic mass is 35.5. The lowest BCUT2D eigenvalue weighted by Crippen LogP contribution is -2.18. The highest BCUT2D eigenvalue weighted by Crippen LogP contribution is 2.39. The smallest absolute Gasteiger partial charge is 0.148 e. The van der Waals surface area contributed by atoms with Gasteiger partial charge in [0.25, 0.3) is 0 Å². The van der Waals surface area contributed by atoms with Crippen LogP contribution in [0.25, 0.3) is 11.3 Å². The summed E-state index contributed by atoms with van der Waals surface area (Å²) in [4.78, 5) is 8.72. The van der Waals surface area contributed by atoms with Gasteiger partial charge in [-0.2, -0.15) is 5.10 Å². The molecule has 0 bridgehead atoms. The molecule has 3 aromatic heterocycles. The van der Waals surface area contributed by atoms with E-state index in [2.05, 4.69) is 26.4 Å². The van der Waals surface area contributed by atoms with E-state index in [4.69, 9.17) is 22.1 Å². The summed E-state index contributed by atoms with van der Waals surface area (Å²) in [5.41, 5.74) is 14.7. The van der Waals surface area contributed by atoms with Crippen molar-refractivity contribution in [1.29, 1.82) is 0 Å². The van der Waals surface area contributed by atoms with Gasteiger partial charge in [-0.15, -0.1) is 0 Å². The third-order valence-electron chi connectivity index (χ3n) is 6.82. The molecule has 0 spiro atoms. The second kappa shape index (κ2) is 9.43. The number of hydrogen-bond donors (Lipinski definition) is 2. The summed E-state index contributed by atoms with van der Waals surface area (Å²) in [5, 5.41) is 8.43. The Morgan fingerprint density at radius 1 is 1.25 bits per heavy atom. The average Bonchev–Trinajstić information content (AvgIpc) is 3.10. The number of anilines is 2. The lowest BCUT2D eigenvalue weighted by molar-refractivity contribution is 0.167. The first-order valence-electron chi connectivity index (χ1n) is 11.8. The summed E-state index contributed by atoms with van der Waals surface area (Å²) in [7, 11) is 1.90. The number of nitrogens with zero attached hydrogens (tertiary/aromatic N) is 4. The lowest BCUT2D eigenvalue weighted by atomic mass is 9.97. The molecular formula is C27H28ClFN6O. The molecule has 36 heavy (non-hydrogen) atoms. The maximum atomic E-state index is 14.3. The number of aromatic nitrogens is 4. The summed E-state index contributed by atoms with van der Waals surface area (Å²) in [5.74, 6) is 0.370. The Morgan fingerprint density at radius 2 is 2.06 bits per heavy atom. The van der Waals surface area contributed by atoms with Crippen molar-refractivity contribution in [3.63, 3.8) is 0 Å². The summed E-state index contributed by atoms with van der Waals surface area (Å²) in [6.45, 7) is 6.37. The average molecular weight is 507 g/mol. The standard InChI is InChI=1S/C27H28ClFN6O/c1-14-10-17-7-8-22(26-20(29)6-5-9-31-26)36-23(17)11-21(14)32-12-18-19(28)13-33-27(25(18)30)24-15(2)34-35(4)16(24)3/h5-6,9-11,13,22,32H,7-8,12,30H2,1-4H3. The van der Waals surface area contributed by atoms with Crippen LogP contribution in [0.5, 0.6) is 5.75 Å². The van der Waals surface area contributed by atoms with Crippen molar-refractivity contribution in [3.8, 4) is 17.0 Å². The van der Waals surface area contributed by atoms with E-state index in [0.29, 0.717) is 35.1 Å². The minimum Gasteiger partial charge on any atom is -0.484 e. The molecule has 0 amide bonds. The number of rotatable bonds is 5. The molecule has 4 aromatic rings. The van der Waals surface area contributed by atoms with Crippen molar-refractivity contribution < 1.29 is 9.13 Å². The van der Waals surface area contributed by atoms with Gasteiger partial charge in [0.2, 0.25) is 0 Å². The number of benzene rings is 1. The minimum absolute atomic E-state index is 0.336. The second-order valence-electron chi connectivity index (χ2n) is 9.16. The number of pyridine rings is 2. The van der Waals surface area contributed by atoms with Crippen LogP contribution in [0.15, 0.2) is 36.7 Å². The molecule has 0 aliphatic carbocycles. The van der Waals surface area contributed by atoms with E-state index in [1.807, 2.05) is 38.6 Å². The zero-order valence-electron chi connectivity index (χ0n) is 20.7. The fourth-order valence-corrected chi connectivity index (χ4v) is 5.01. The number of nitrogen functional groups attached to an aromatic ring is 1. The SMILES string of the molecule is Cc1cc2c(cc1NCc1c(Cl)cnc(-c3c(C)nn(C)c3C)c1N)OC(c1ncccc1F)CC2. The van der Waals surface area contributed by atoms with Crippen molar-refractivity contribution in [1.82, 2.24) is 19.7 Å². The predicted molar refractivity (Wildman–Crippen MR) is 140 cm³/mol. The van der Waals surface area contributed by atoms with Crippen molar-refractivity contribution >= 4 is 23.0 Å². The number of fused-ring (bicyclic) bond motifs is 1. The van der Waals surface area contributed by atoms with Crippen LogP contribution in [0, 0.1) is 26.6 Å². The van der Waals surface area contributed by atoms with Crippen LogP contribution in [0.4, 0.5) is 15.8 Å². The fourth-order valence-electron chi connectivity index (χ4n) is 4.79. The Kier molecular flexibility index (Phi) is 6.30. The Bertz CT molecular complexity index is 1470. The van der Waals surface area contributed by atoms with Gasteiger partial charge in [0.05, 0.1) is 22.1 Å². The van der Waals surface area contributed by atoms with Crippen LogP contribution in [-0.2, 0) is 20.0 Å². The first kappa shape index (κ1) is 24.1. The van der Waals surface area contributed by atoms with E-state index in [-0.39, 0.29) is 5.82 Å². The highest BCUT2D eigenvalue weighted by Gasteiger charge is 2.26. The molecule has 3 N–H and O–H groups in total. The first-order chi connectivity index (χ1) is 17.2. The van der Waals surface area contributed by atoms with Crippen molar-refractivity contribution in [2.45, 2.75) is 46.3 Å². The number of nitrogens with two attached hydrogens (primary N) is 1. The van der Waals surface area contributed by atoms with Gasteiger partial charge in [0, 0.05) is 54.6 Å². The number of nitrogens with one attached hydrogen (secondary N) is 1. The molecule has 1 aliphatic rings. The summed E-state index contributed by atoms with van der Waals surface area (Å²) in [6, 6.07) is 7.06. The van der Waals surface area contributed by atoms with E-state index in [1.54, 1.807) is 18.5 Å². The molecule has 0 radical (unpaired) electrons. The van der Waals surface area contributed by atoms with E-state index < -0.39 is 6.10 Å². The van der Waals surface area contributed by atoms with Crippen LogP contribution < -0.4 is 15.8 Å². The topological polar surface area (TPSA) is 90.9 Å². The molecule has 1 unspecified atom stereocenters. The van der Waals surface area contributed by atoms with Crippen molar-refractivity contribution in [3.05, 3.63) is 81.3 Å². The predicted octanol–water partition coefficient (Wildman–Crippen LogP) is 5.86. The molecular weight excluding hydrogens is 479 g/mol. The third kappa shape index (κ3) is 4.26. The minimum atomic E-state index is -0.423. The lowest BCUT2D eigenvalue weighted by Gasteiger charge is -2.27. The molecule has 1 aliphatic heterocycles. The fraction of sp³-hybridized carbons (Fsp3) is 0.296. The Balaban J connectivity index is 1.42. The van der Waals surface area contributed by atoms with Crippen LogP contribution in [0.1, 0.15) is 46.3 Å². The van der Waals surface area contributed by atoms with Crippen LogP contribution in [0.2, 0.25) is 5.02 Å². The number of ether oxygens (including phenoxy) is 1. The zero-order chi connectivity index (χ0) is 25.6. The van der Waals surface area contributed by atoms with Crippen molar-refractivity contribution in [2.24, 2.45) is 7.05 Å². The molecule has 5 rings (SSSR count). The molecule has 4 heterocycles. The van der Waals surface area contributed by atoms with E-state index in [9.17, 15) is 4.39 Å². The van der Waals surface area contributed by atoms with Gasteiger partial charge in [-0.05, 0) is 56.9 Å². The molecule has 186 valence electrons. The Morgan fingerprint density at radius 3 is 2.78 bits per heavy atom. The van der Waals surface area contributed by atoms with Gasteiger partial charge in [-0.1, -0.05) is 17.7 Å². The van der Waals surface area contributed by atoms with E-state index in [0.717, 1.165) is 51.5 Å². The number of aryl methyl sites for hydroxylation is 4. The summed E-state index contributed by atoms with van der Waals surface area (Å²) in [6.07, 6.45) is 4.25. The van der Waals surface area contributed by atoms with Crippen LogP contribution in [-0.4, -0.2) is 19.7 Å². The maximum Gasteiger partial charge on any atom is 0.148 e. The molecule has 1 aromatic carbocycles. The quantitative estimate of drug-likeness (QED) is 0.352. The zero-order valence-corrected chi connectivity index (χ0v) is 21.4. The molecule has 0 saturated carbocycles. The van der Waals surface area contributed by atoms with Crippen LogP contribution >= 0.6 is 11.6 Å². The first-order valence-corrected chi connectivity index (χ1v) is 12.2. The molecule has 1 atom stereocenters. The molecule has 9 heteroatoms. The van der Waals surface area contributed by atoms with E-state index in [1.165, 1.54) is 6.07 Å². The number of halogens is 2. The third-order valence-corrected chi connectivity index (χ3v) is 7.15. The molecule has 7 nitrogen and oxygen atoms in total. The highest BCUT2D eigenvalue weighted by molar-refractivity contribution is 6.31. The van der Waals surface area contributed by atoms with Gasteiger partial charge >= 0.3 is 0 Å². The monoisotopic (exact) mass is 506 g/mol. The Hall–Kier alpha value is -3.65. The largest absolute Gasteiger partial charge is 0.484 e. The van der Waals surface area contributed by atoms with E-state index >= 15 is 0 Å². The van der Waals surface area contributed by atoms with Gasteiger partial charge in [0.15, 0.2) is 0 Å². The summed E-state index contributed by atoms with van der Waals surface area (Å²) < 4.78 is 22.3. The van der Waals surface area contributed by atoms with Crippen molar-refractivity contribution in [2.75, 3.05) is 11.1 Å². The Labute approximate surface area is 214 Å². The van der Waals surface area contributed by atoms with Gasteiger partial charge in [0.1, 0.15) is 23.4 Å². The van der Waals surface area contributed by atoms with Crippen LogP contribution in [0.3, 0.4) is 0 Å². The number of hydrogen-bond acceptors (Lipinski definition) is 6. The molecule has 0 saturated heterocycles. The maximum absolute atomic E-state index is 14.3.